The number of benzene rings is 1. The maximum absolute atomic E-state index is 15.1. The van der Waals surface area contributed by atoms with E-state index in [-0.39, 0.29) is 0 Å². The lowest BCUT2D eigenvalue weighted by atomic mass is 9.86. The van der Waals surface area contributed by atoms with Crippen molar-refractivity contribution in [3.05, 3.63) is 35.9 Å². The lowest BCUT2D eigenvalue weighted by Gasteiger charge is -2.46. The molecular weight excluding hydrogens is 857 g/mol. The molecule has 1 aromatic carbocycles. The lowest BCUT2D eigenvalue weighted by molar-refractivity contribution is -0.474. The van der Waals surface area contributed by atoms with Gasteiger partial charge in [-0.2, -0.15) is 92.2 Å². The third-order valence-corrected chi connectivity index (χ3v) is 15.3. The van der Waals surface area contributed by atoms with Crippen LogP contribution in [0.25, 0.3) is 0 Å². The van der Waals surface area contributed by atoms with Crippen LogP contribution < -0.4 is 0 Å². The molecule has 335 valence electrons. The fraction of sp³-hybridized carbons (Fsp3) is 0.812. The van der Waals surface area contributed by atoms with Gasteiger partial charge in [0.25, 0.3) is 0 Å². The molecule has 1 atom stereocenters. The Balaban J connectivity index is 3.67. The molecule has 0 fully saturated rings. The molecule has 1 unspecified atom stereocenters. The van der Waals surface area contributed by atoms with E-state index < -0.39 is 115 Å². The van der Waals surface area contributed by atoms with Crippen LogP contribution in [0.5, 0.6) is 0 Å². The summed E-state index contributed by atoms with van der Waals surface area (Å²) in [6, 6.07) is 5.68. The number of hydrogen-bond acceptors (Lipinski definition) is 2. The van der Waals surface area contributed by atoms with Gasteiger partial charge in [-0.3, -0.25) is 0 Å². The fourth-order valence-corrected chi connectivity index (χ4v) is 10.6. The largest absolute Gasteiger partial charge is 0.460 e. The van der Waals surface area contributed by atoms with E-state index in [0.29, 0.717) is 10.6 Å². The molecule has 0 saturated heterocycles. The van der Waals surface area contributed by atoms with Gasteiger partial charge in [0.15, 0.2) is 8.32 Å². The Morgan fingerprint density at radius 1 is 0.544 bits per heavy atom. The topological polar surface area (TPSA) is 32.4 Å². The number of nitrogens with zero attached hydrogens (tertiary/aromatic N) is 1. The van der Waals surface area contributed by atoms with E-state index in [1.54, 1.807) is 44.2 Å². The van der Waals surface area contributed by atoms with Gasteiger partial charge in [-0.25, -0.2) is 0 Å². The van der Waals surface area contributed by atoms with Crippen LogP contribution in [0.4, 0.5) is 92.2 Å². The number of halogens is 21. The molecule has 57 heavy (non-hydrogen) atoms. The Labute approximate surface area is 314 Å². The van der Waals surface area contributed by atoms with Gasteiger partial charge in [0, 0.05) is 6.42 Å². The van der Waals surface area contributed by atoms with Crippen LogP contribution in [0.3, 0.4) is 0 Å². The van der Waals surface area contributed by atoms with Crippen LogP contribution >= 0.6 is 0 Å². The molecule has 0 aliphatic carbocycles. The SMILES string of the molecule is CC(C)C(c1ccccc1)N([O])C(C)(C)CO[Si](CCC(F)(F)C(F)(F)C(F)(F)C(F)(F)C(F)(F)C(F)(F)C(F)(F)C(F)(F)C(F)(F)C(F)(F)F)(C(C)C)C(C)C. The summed E-state index contributed by atoms with van der Waals surface area (Å²) < 4.78 is 298. The van der Waals surface area contributed by atoms with Crippen molar-refractivity contribution in [1.82, 2.24) is 5.06 Å². The minimum atomic E-state index is -9.22. The van der Waals surface area contributed by atoms with Crippen molar-refractivity contribution in [2.75, 3.05) is 6.61 Å². The van der Waals surface area contributed by atoms with Crippen molar-refractivity contribution in [2.45, 2.75) is 150 Å². The Bertz CT molecular complexity index is 1470. The molecule has 0 saturated carbocycles. The fourth-order valence-electron chi connectivity index (χ4n) is 5.94. The number of hydroxylamine groups is 2. The summed E-state index contributed by atoms with van der Waals surface area (Å²) in [5.74, 6) is -77.8. The van der Waals surface area contributed by atoms with E-state index in [2.05, 4.69) is 0 Å². The summed E-state index contributed by atoms with van der Waals surface area (Å²) in [6.07, 6.45) is -10.8. The molecule has 1 radical (unpaired) electrons. The first-order chi connectivity index (χ1) is 24.9. The first-order valence-electron chi connectivity index (χ1n) is 16.5. The van der Waals surface area contributed by atoms with Crippen molar-refractivity contribution in [2.24, 2.45) is 5.92 Å². The molecule has 0 spiro atoms. The van der Waals surface area contributed by atoms with Crippen LogP contribution in [0.1, 0.15) is 73.4 Å². The number of alkyl halides is 21. The highest BCUT2D eigenvalue weighted by Crippen LogP contribution is 2.66. The van der Waals surface area contributed by atoms with E-state index >= 15 is 8.78 Å². The average Bonchev–Trinajstić information content (AvgIpc) is 3.03. The molecular formula is C32H39F21NO2Si. The second-order valence-corrected chi connectivity index (χ2v) is 20.1. The van der Waals surface area contributed by atoms with Gasteiger partial charge in [0.05, 0.1) is 18.2 Å². The Morgan fingerprint density at radius 2 is 0.877 bits per heavy atom. The third kappa shape index (κ3) is 8.45. The lowest BCUT2D eigenvalue weighted by Crippen LogP contribution is -2.76. The summed E-state index contributed by atoms with van der Waals surface area (Å²) in [5.41, 5.74) is -3.10. The van der Waals surface area contributed by atoms with Gasteiger partial charge >= 0.3 is 59.5 Å². The Kier molecular flexibility index (Phi) is 14.9. The predicted molar refractivity (Wildman–Crippen MR) is 163 cm³/mol. The molecule has 0 N–H and O–H groups in total. The smallest absolute Gasteiger partial charge is 0.414 e. The van der Waals surface area contributed by atoms with Gasteiger partial charge in [-0.05, 0) is 42.5 Å². The summed E-state index contributed by atoms with van der Waals surface area (Å²) in [6.45, 7) is 10.2. The van der Waals surface area contributed by atoms with Crippen LogP contribution in [0.2, 0.25) is 17.1 Å². The van der Waals surface area contributed by atoms with Gasteiger partial charge in [-0.15, -0.1) is 10.3 Å². The molecule has 0 amide bonds. The number of rotatable bonds is 20. The van der Waals surface area contributed by atoms with Crippen molar-refractivity contribution >= 4 is 8.32 Å². The van der Waals surface area contributed by atoms with Gasteiger partial charge < -0.3 is 4.43 Å². The first kappa shape index (κ1) is 52.9. The monoisotopic (exact) mass is 896 g/mol. The molecule has 1 rings (SSSR count). The normalized spacial score (nSPS) is 16.4. The van der Waals surface area contributed by atoms with E-state index in [1.165, 1.54) is 41.5 Å². The quantitative estimate of drug-likeness (QED) is 0.0742. The van der Waals surface area contributed by atoms with Crippen molar-refractivity contribution in [3.8, 4) is 0 Å². The van der Waals surface area contributed by atoms with E-state index in [4.69, 9.17) is 4.43 Å². The van der Waals surface area contributed by atoms with Crippen molar-refractivity contribution in [1.29, 1.82) is 0 Å². The maximum atomic E-state index is 15.1. The zero-order valence-corrected chi connectivity index (χ0v) is 32.0. The van der Waals surface area contributed by atoms with Gasteiger partial charge in [0.2, 0.25) is 0 Å². The maximum Gasteiger partial charge on any atom is 0.460 e. The highest BCUT2D eigenvalue weighted by Gasteiger charge is 2.97. The van der Waals surface area contributed by atoms with Crippen LogP contribution in [-0.2, 0) is 9.63 Å². The highest BCUT2D eigenvalue weighted by molar-refractivity contribution is 6.76. The predicted octanol–water partition coefficient (Wildman–Crippen LogP) is 13.3. The molecule has 25 heteroatoms. The van der Waals surface area contributed by atoms with Crippen LogP contribution in [0, 0.1) is 5.92 Å². The standard InChI is InChI=1S/C32H39F21NO2Si/c1-17(2)21(20-12-10-9-11-13-20)54(55)22(7,8)16-56-57(18(3)4,19(5)6)15-14-23(33,34)24(35,36)25(37,38)26(39,40)27(41,42)28(43,44)29(45,46)30(47,48)31(49,50)32(51,52)53/h9-13,17-19,21H,14-16H2,1-8H3. The average molecular weight is 897 g/mol. The Morgan fingerprint density at radius 3 is 1.19 bits per heavy atom. The van der Waals surface area contributed by atoms with Crippen molar-refractivity contribution in [3.63, 3.8) is 0 Å². The van der Waals surface area contributed by atoms with E-state index in [1.807, 2.05) is 0 Å². The highest BCUT2D eigenvalue weighted by atomic mass is 28.4. The minimum Gasteiger partial charge on any atom is -0.414 e. The zero-order valence-electron chi connectivity index (χ0n) is 31.0. The zero-order chi connectivity index (χ0) is 45.8. The molecule has 1 aromatic rings. The summed E-state index contributed by atoms with van der Waals surface area (Å²) in [4.78, 5) is 0. The van der Waals surface area contributed by atoms with E-state index in [0.717, 1.165) is 0 Å². The summed E-state index contributed by atoms with van der Waals surface area (Å²) in [7, 11) is -4.21. The minimum absolute atomic E-state index is 0.391. The van der Waals surface area contributed by atoms with Gasteiger partial charge in [0.1, 0.15) is 0 Å². The second-order valence-electron chi connectivity index (χ2n) is 15.1. The summed E-state index contributed by atoms with van der Waals surface area (Å²) >= 11 is 0. The first-order valence-corrected chi connectivity index (χ1v) is 18.8. The molecule has 0 aliphatic heterocycles. The number of hydrogen-bond donors (Lipinski definition) is 0. The molecule has 0 aromatic heterocycles. The van der Waals surface area contributed by atoms with Crippen molar-refractivity contribution < 1.29 is 102 Å². The van der Waals surface area contributed by atoms with E-state index in [9.17, 15) is 88.6 Å². The van der Waals surface area contributed by atoms with Gasteiger partial charge in [-0.1, -0.05) is 71.9 Å². The molecule has 3 nitrogen and oxygen atoms in total. The Hall–Kier alpha value is -2.15. The molecule has 0 aliphatic rings. The van der Waals surface area contributed by atoms with Crippen LogP contribution in [-0.4, -0.2) is 85.0 Å². The molecule has 0 bridgehead atoms. The van der Waals surface area contributed by atoms with Crippen LogP contribution in [0.15, 0.2) is 30.3 Å². The second kappa shape index (κ2) is 16.0. The third-order valence-electron chi connectivity index (χ3n) is 9.68. The summed E-state index contributed by atoms with van der Waals surface area (Å²) in [5, 5.41) is 14.2. The molecule has 0 heterocycles.